The van der Waals surface area contributed by atoms with E-state index in [-0.39, 0.29) is 5.91 Å². The first-order chi connectivity index (χ1) is 12.1. The average molecular weight is 373 g/mol. The Morgan fingerprint density at radius 2 is 1.88 bits per heavy atom. The van der Waals surface area contributed by atoms with Crippen LogP contribution in [0.1, 0.15) is 15.9 Å². The van der Waals surface area contributed by atoms with E-state index in [0.717, 1.165) is 10.8 Å². The fourth-order valence-electron chi connectivity index (χ4n) is 2.49. The topological polar surface area (TPSA) is 50.7 Å². The lowest BCUT2D eigenvalue weighted by atomic mass is 10.0. The molecule has 0 atom stereocenters. The lowest BCUT2D eigenvalue weighted by molar-refractivity contribution is 0.0957. The number of fused-ring (bicyclic) bond motifs is 1. The highest BCUT2D eigenvalue weighted by Gasteiger charge is 2.10. The van der Waals surface area contributed by atoms with Crippen LogP contribution in [0.15, 0.2) is 59.7 Å². The highest BCUT2D eigenvalue weighted by Crippen LogP contribution is 2.29. The summed E-state index contributed by atoms with van der Waals surface area (Å²) in [5.74, 6) is 0.165. The summed E-state index contributed by atoms with van der Waals surface area (Å²) in [5.41, 5.74) is 3.60. The zero-order valence-corrected chi connectivity index (χ0v) is 14.8. The average Bonchev–Trinajstić information content (AvgIpc) is 2.62. The van der Waals surface area contributed by atoms with Gasteiger partial charge in [0, 0.05) is 10.6 Å². The summed E-state index contributed by atoms with van der Waals surface area (Å²) >= 11 is 12.1. The highest BCUT2D eigenvalue weighted by molar-refractivity contribution is 6.36. The molecular formula is C19H14Cl2N2O2. The second-order valence-corrected chi connectivity index (χ2v) is 6.07. The van der Waals surface area contributed by atoms with Crippen molar-refractivity contribution < 1.29 is 9.53 Å². The zero-order valence-electron chi connectivity index (χ0n) is 13.3. The SMILES string of the molecule is COc1cc(Cl)cc(Cl)c1C=NNC(=O)c1cccc2ccccc12. The normalized spacial score (nSPS) is 11.0. The van der Waals surface area contributed by atoms with Gasteiger partial charge in [-0.3, -0.25) is 4.79 Å². The zero-order chi connectivity index (χ0) is 17.8. The van der Waals surface area contributed by atoms with E-state index in [1.165, 1.54) is 13.3 Å². The van der Waals surface area contributed by atoms with E-state index in [1.54, 1.807) is 18.2 Å². The number of nitrogens with zero attached hydrogens (tertiary/aromatic N) is 1. The summed E-state index contributed by atoms with van der Waals surface area (Å²) in [5, 5.41) is 6.68. The third-order valence-corrected chi connectivity index (χ3v) is 4.20. The Morgan fingerprint density at radius 1 is 1.12 bits per heavy atom. The molecule has 3 rings (SSSR count). The highest BCUT2D eigenvalue weighted by atomic mass is 35.5. The quantitative estimate of drug-likeness (QED) is 0.521. The number of nitrogens with one attached hydrogen (secondary N) is 1. The molecule has 3 aromatic rings. The van der Waals surface area contributed by atoms with E-state index in [1.807, 2.05) is 36.4 Å². The summed E-state index contributed by atoms with van der Waals surface area (Å²) in [7, 11) is 1.51. The lowest BCUT2D eigenvalue weighted by Crippen LogP contribution is -2.18. The van der Waals surface area contributed by atoms with Crippen LogP contribution in [-0.4, -0.2) is 19.2 Å². The fraction of sp³-hybridized carbons (Fsp3) is 0.0526. The maximum absolute atomic E-state index is 12.4. The molecule has 0 fully saturated rings. The molecule has 126 valence electrons. The van der Waals surface area contributed by atoms with Gasteiger partial charge in [-0.2, -0.15) is 5.10 Å². The van der Waals surface area contributed by atoms with E-state index in [0.29, 0.717) is 26.9 Å². The Balaban J connectivity index is 1.84. The number of ether oxygens (including phenoxy) is 1. The number of rotatable bonds is 4. The predicted octanol–water partition coefficient (Wildman–Crippen LogP) is 4.92. The molecule has 0 heterocycles. The van der Waals surface area contributed by atoms with Gasteiger partial charge in [0.15, 0.2) is 0 Å². The fourth-order valence-corrected chi connectivity index (χ4v) is 3.02. The van der Waals surface area contributed by atoms with Gasteiger partial charge in [-0.25, -0.2) is 5.43 Å². The number of hydrazone groups is 1. The van der Waals surface area contributed by atoms with Gasteiger partial charge in [0.2, 0.25) is 0 Å². The molecule has 0 aliphatic rings. The molecule has 3 aromatic carbocycles. The van der Waals surface area contributed by atoms with E-state index in [2.05, 4.69) is 10.5 Å². The van der Waals surface area contributed by atoms with Gasteiger partial charge in [-0.1, -0.05) is 59.6 Å². The number of methoxy groups -OCH3 is 1. The molecular weight excluding hydrogens is 359 g/mol. The first kappa shape index (κ1) is 17.3. The molecule has 0 saturated heterocycles. The van der Waals surface area contributed by atoms with E-state index in [9.17, 15) is 4.79 Å². The van der Waals surface area contributed by atoms with Gasteiger partial charge in [-0.05, 0) is 29.0 Å². The van der Waals surface area contributed by atoms with Crippen molar-refractivity contribution >= 4 is 46.1 Å². The molecule has 0 aliphatic carbocycles. The third kappa shape index (κ3) is 3.76. The van der Waals surface area contributed by atoms with Crippen molar-refractivity contribution in [1.29, 1.82) is 0 Å². The van der Waals surface area contributed by atoms with Crippen molar-refractivity contribution in [1.82, 2.24) is 5.43 Å². The van der Waals surface area contributed by atoms with Gasteiger partial charge in [0.1, 0.15) is 5.75 Å². The smallest absolute Gasteiger partial charge is 0.271 e. The molecule has 1 N–H and O–H groups in total. The van der Waals surface area contributed by atoms with Crippen LogP contribution >= 0.6 is 23.2 Å². The first-order valence-electron chi connectivity index (χ1n) is 7.44. The maximum Gasteiger partial charge on any atom is 0.271 e. The number of carbonyl (C=O) groups is 1. The number of benzene rings is 3. The van der Waals surface area contributed by atoms with Crippen LogP contribution in [0.2, 0.25) is 10.0 Å². The largest absolute Gasteiger partial charge is 0.496 e. The standard InChI is InChI=1S/C19H14Cl2N2O2/c1-25-18-10-13(20)9-17(21)16(18)11-22-23-19(24)15-8-4-6-12-5-2-3-7-14(12)15/h2-11H,1H3,(H,23,24). The van der Waals surface area contributed by atoms with E-state index >= 15 is 0 Å². The minimum absolute atomic E-state index is 0.308. The second kappa shape index (κ2) is 7.55. The first-order valence-corrected chi connectivity index (χ1v) is 8.20. The van der Waals surface area contributed by atoms with Crippen molar-refractivity contribution in [2.45, 2.75) is 0 Å². The number of hydrogen-bond donors (Lipinski definition) is 1. The summed E-state index contributed by atoms with van der Waals surface area (Å²) in [6.07, 6.45) is 1.43. The minimum Gasteiger partial charge on any atom is -0.496 e. The Hall–Kier alpha value is -2.56. The van der Waals surface area contributed by atoms with Crippen LogP contribution in [0.25, 0.3) is 10.8 Å². The Labute approximate surface area is 155 Å². The maximum atomic E-state index is 12.4. The van der Waals surface area contributed by atoms with Crippen LogP contribution in [0.3, 0.4) is 0 Å². The molecule has 0 radical (unpaired) electrons. The Bertz CT molecular complexity index is 966. The molecule has 25 heavy (non-hydrogen) atoms. The summed E-state index contributed by atoms with van der Waals surface area (Å²) in [6.45, 7) is 0. The van der Waals surface area contributed by atoms with Crippen molar-refractivity contribution in [2.24, 2.45) is 5.10 Å². The predicted molar refractivity (Wildman–Crippen MR) is 102 cm³/mol. The molecule has 0 unspecified atom stereocenters. The van der Waals surface area contributed by atoms with Crippen LogP contribution < -0.4 is 10.2 Å². The molecule has 0 spiro atoms. The van der Waals surface area contributed by atoms with Gasteiger partial charge in [-0.15, -0.1) is 0 Å². The van der Waals surface area contributed by atoms with Crippen molar-refractivity contribution in [3.63, 3.8) is 0 Å². The van der Waals surface area contributed by atoms with Crippen molar-refractivity contribution in [2.75, 3.05) is 7.11 Å². The molecule has 0 aliphatic heterocycles. The number of carbonyl (C=O) groups excluding carboxylic acids is 1. The van der Waals surface area contributed by atoms with Crippen LogP contribution in [0.5, 0.6) is 5.75 Å². The van der Waals surface area contributed by atoms with Crippen LogP contribution in [0.4, 0.5) is 0 Å². The summed E-state index contributed by atoms with van der Waals surface area (Å²) in [6, 6.07) is 16.4. The van der Waals surface area contributed by atoms with E-state index in [4.69, 9.17) is 27.9 Å². The van der Waals surface area contributed by atoms with Gasteiger partial charge < -0.3 is 4.74 Å². The van der Waals surface area contributed by atoms with Gasteiger partial charge in [0.25, 0.3) is 5.91 Å². The molecule has 6 heteroatoms. The molecule has 1 amide bonds. The summed E-state index contributed by atoms with van der Waals surface area (Å²) < 4.78 is 5.23. The summed E-state index contributed by atoms with van der Waals surface area (Å²) in [4.78, 5) is 12.4. The molecule has 0 bridgehead atoms. The second-order valence-electron chi connectivity index (χ2n) is 5.23. The van der Waals surface area contributed by atoms with Crippen LogP contribution in [-0.2, 0) is 0 Å². The van der Waals surface area contributed by atoms with Gasteiger partial charge in [0.05, 0.1) is 23.9 Å². The minimum atomic E-state index is -0.308. The number of amides is 1. The number of halogens is 2. The van der Waals surface area contributed by atoms with Crippen molar-refractivity contribution in [3.05, 3.63) is 75.8 Å². The van der Waals surface area contributed by atoms with Crippen LogP contribution in [0, 0.1) is 0 Å². The van der Waals surface area contributed by atoms with Gasteiger partial charge >= 0.3 is 0 Å². The van der Waals surface area contributed by atoms with Crippen molar-refractivity contribution in [3.8, 4) is 5.75 Å². The molecule has 4 nitrogen and oxygen atoms in total. The molecule has 0 saturated carbocycles. The number of hydrogen-bond acceptors (Lipinski definition) is 3. The Kier molecular flexibility index (Phi) is 5.22. The van der Waals surface area contributed by atoms with E-state index < -0.39 is 0 Å². The monoisotopic (exact) mass is 372 g/mol. The third-order valence-electron chi connectivity index (χ3n) is 3.67. The lowest BCUT2D eigenvalue weighted by Gasteiger charge is -2.08. The Morgan fingerprint density at radius 3 is 2.68 bits per heavy atom. The molecule has 0 aromatic heterocycles.